The molecule has 0 aromatic carbocycles. The second-order valence-electron chi connectivity index (χ2n) is 5.47. The van der Waals surface area contributed by atoms with Crippen LogP contribution in [0.3, 0.4) is 0 Å². The summed E-state index contributed by atoms with van der Waals surface area (Å²) in [5.74, 6) is 1.80. The minimum Gasteiger partial charge on any atom is -0.340 e. The van der Waals surface area contributed by atoms with Crippen molar-refractivity contribution in [2.75, 3.05) is 12.4 Å². The zero-order valence-electron chi connectivity index (χ0n) is 11.4. The molecule has 3 unspecified atom stereocenters. The van der Waals surface area contributed by atoms with Crippen molar-refractivity contribution in [2.24, 2.45) is 11.8 Å². The van der Waals surface area contributed by atoms with Crippen LogP contribution in [0, 0.1) is 11.8 Å². The van der Waals surface area contributed by atoms with Gasteiger partial charge in [-0.05, 0) is 31.6 Å². The van der Waals surface area contributed by atoms with E-state index in [1.807, 2.05) is 6.92 Å². The minimum atomic E-state index is 0.289. The van der Waals surface area contributed by atoms with Crippen molar-refractivity contribution in [3.05, 3.63) is 0 Å². The van der Waals surface area contributed by atoms with Gasteiger partial charge in [0.2, 0.25) is 5.91 Å². The van der Waals surface area contributed by atoms with Crippen LogP contribution in [0.2, 0.25) is 0 Å². The van der Waals surface area contributed by atoms with E-state index in [1.165, 1.54) is 25.7 Å². The first-order valence-corrected chi connectivity index (χ1v) is 7.49. The summed E-state index contributed by atoms with van der Waals surface area (Å²) in [6, 6.07) is 0.462. The molecule has 0 aromatic heterocycles. The van der Waals surface area contributed by atoms with E-state index >= 15 is 0 Å². The summed E-state index contributed by atoms with van der Waals surface area (Å²) in [6.07, 6.45) is 5.63. The van der Waals surface area contributed by atoms with Gasteiger partial charge in [-0.1, -0.05) is 26.7 Å². The van der Waals surface area contributed by atoms with Crippen molar-refractivity contribution >= 4 is 17.5 Å². The first-order chi connectivity index (χ1) is 8.10. The molecule has 1 aliphatic carbocycles. The molecular weight excluding hydrogens is 234 g/mol. The van der Waals surface area contributed by atoms with Crippen LogP contribution < -0.4 is 0 Å². The maximum atomic E-state index is 12.3. The number of rotatable bonds is 5. The molecule has 1 saturated carbocycles. The van der Waals surface area contributed by atoms with Gasteiger partial charge in [0.1, 0.15) is 0 Å². The Morgan fingerprint density at radius 2 is 2.06 bits per heavy atom. The predicted octanol–water partition coefficient (Wildman–Crippen LogP) is 3.68. The molecular formula is C14H26ClNO. The molecule has 3 heteroatoms. The van der Waals surface area contributed by atoms with E-state index in [-0.39, 0.29) is 5.92 Å². The van der Waals surface area contributed by atoms with Gasteiger partial charge in [0.25, 0.3) is 0 Å². The number of halogens is 1. The molecule has 1 aliphatic rings. The lowest BCUT2D eigenvalue weighted by atomic mass is 9.84. The average Bonchev–Trinajstić information content (AvgIpc) is 2.32. The number of nitrogens with zero attached hydrogens (tertiary/aromatic N) is 1. The summed E-state index contributed by atoms with van der Waals surface area (Å²) in [5.41, 5.74) is 0. The molecule has 2 nitrogen and oxygen atoms in total. The van der Waals surface area contributed by atoms with Gasteiger partial charge < -0.3 is 4.90 Å². The molecule has 1 amide bonds. The molecule has 0 spiro atoms. The number of carbonyl (C=O) groups excluding carboxylic acids is 1. The summed E-state index contributed by atoms with van der Waals surface area (Å²) in [7, 11) is 0. The summed E-state index contributed by atoms with van der Waals surface area (Å²) in [5, 5.41) is 0. The van der Waals surface area contributed by atoms with Crippen LogP contribution in [-0.4, -0.2) is 29.3 Å². The van der Waals surface area contributed by atoms with E-state index in [0.29, 0.717) is 30.2 Å². The first kappa shape index (κ1) is 14.8. The normalized spacial score (nSPS) is 26.6. The van der Waals surface area contributed by atoms with Crippen molar-refractivity contribution in [1.29, 1.82) is 0 Å². The summed E-state index contributed by atoms with van der Waals surface area (Å²) in [6.45, 7) is 7.25. The van der Waals surface area contributed by atoms with Crippen LogP contribution in [0.4, 0.5) is 0 Å². The third-order valence-corrected chi connectivity index (χ3v) is 4.44. The van der Waals surface area contributed by atoms with Crippen molar-refractivity contribution in [3.8, 4) is 0 Å². The monoisotopic (exact) mass is 259 g/mol. The fraction of sp³-hybridized carbons (Fsp3) is 0.929. The van der Waals surface area contributed by atoms with E-state index in [9.17, 15) is 4.79 Å². The van der Waals surface area contributed by atoms with Crippen molar-refractivity contribution < 1.29 is 4.79 Å². The smallest absolute Gasteiger partial charge is 0.223 e. The largest absolute Gasteiger partial charge is 0.340 e. The van der Waals surface area contributed by atoms with Gasteiger partial charge >= 0.3 is 0 Å². The van der Waals surface area contributed by atoms with E-state index in [4.69, 9.17) is 11.6 Å². The number of amides is 1. The Kier molecular flexibility index (Phi) is 6.32. The lowest BCUT2D eigenvalue weighted by molar-refractivity contribution is -0.135. The Labute approximate surface area is 111 Å². The van der Waals surface area contributed by atoms with Crippen LogP contribution in [0.5, 0.6) is 0 Å². The van der Waals surface area contributed by atoms with Crippen LogP contribution >= 0.6 is 11.6 Å². The second kappa shape index (κ2) is 7.25. The molecule has 1 fully saturated rings. The zero-order valence-corrected chi connectivity index (χ0v) is 12.2. The molecule has 0 N–H and O–H groups in total. The number of alkyl halides is 1. The molecule has 17 heavy (non-hydrogen) atoms. The van der Waals surface area contributed by atoms with Crippen LogP contribution in [-0.2, 0) is 4.79 Å². The quantitative estimate of drug-likeness (QED) is 0.690. The SMILES string of the molecule is CCN(C(=O)CC(C)CCl)C1CCCCC1C. The van der Waals surface area contributed by atoms with Crippen LogP contribution in [0.1, 0.15) is 52.9 Å². The van der Waals surface area contributed by atoms with Gasteiger partial charge in [-0.25, -0.2) is 0 Å². The highest BCUT2D eigenvalue weighted by atomic mass is 35.5. The van der Waals surface area contributed by atoms with Gasteiger partial charge in [0.15, 0.2) is 0 Å². The molecule has 100 valence electrons. The molecule has 1 rings (SSSR count). The highest BCUT2D eigenvalue weighted by Gasteiger charge is 2.29. The van der Waals surface area contributed by atoms with E-state index in [0.717, 1.165) is 6.54 Å². The summed E-state index contributed by atoms with van der Waals surface area (Å²) < 4.78 is 0. The highest BCUT2D eigenvalue weighted by Crippen LogP contribution is 2.28. The van der Waals surface area contributed by atoms with Gasteiger partial charge in [-0.2, -0.15) is 0 Å². The number of carbonyl (C=O) groups is 1. The summed E-state index contributed by atoms with van der Waals surface area (Å²) >= 11 is 5.79. The Morgan fingerprint density at radius 1 is 1.41 bits per heavy atom. The van der Waals surface area contributed by atoms with Crippen LogP contribution in [0.25, 0.3) is 0 Å². The van der Waals surface area contributed by atoms with Gasteiger partial charge in [0, 0.05) is 24.9 Å². The predicted molar refractivity (Wildman–Crippen MR) is 73.3 cm³/mol. The first-order valence-electron chi connectivity index (χ1n) is 6.95. The third kappa shape index (κ3) is 4.17. The van der Waals surface area contributed by atoms with E-state index in [2.05, 4.69) is 18.7 Å². The Bertz CT molecular complexity index is 244. The molecule has 0 bridgehead atoms. The van der Waals surface area contributed by atoms with Crippen molar-refractivity contribution in [3.63, 3.8) is 0 Å². The molecule has 0 aromatic rings. The maximum Gasteiger partial charge on any atom is 0.223 e. The molecule has 3 atom stereocenters. The number of hydrogen-bond donors (Lipinski definition) is 0. The average molecular weight is 260 g/mol. The highest BCUT2D eigenvalue weighted by molar-refractivity contribution is 6.18. The van der Waals surface area contributed by atoms with E-state index < -0.39 is 0 Å². The lowest BCUT2D eigenvalue weighted by Crippen LogP contribution is -2.45. The maximum absolute atomic E-state index is 12.3. The van der Waals surface area contributed by atoms with Crippen molar-refractivity contribution in [1.82, 2.24) is 4.90 Å². The Hall–Kier alpha value is -0.240. The zero-order chi connectivity index (χ0) is 12.8. The Morgan fingerprint density at radius 3 is 2.59 bits per heavy atom. The van der Waals surface area contributed by atoms with Crippen LogP contribution in [0.15, 0.2) is 0 Å². The fourth-order valence-electron chi connectivity index (χ4n) is 2.83. The van der Waals surface area contributed by atoms with E-state index in [1.54, 1.807) is 0 Å². The molecule has 0 saturated heterocycles. The standard InChI is InChI=1S/C14H26ClNO/c1-4-16(14(17)9-11(2)10-15)13-8-6-5-7-12(13)3/h11-13H,4-10H2,1-3H3. The minimum absolute atomic E-state index is 0.289. The second-order valence-corrected chi connectivity index (χ2v) is 5.78. The van der Waals surface area contributed by atoms with Crippen molar-refractivity contribution in [2.45, 2.75) is 58.9 Å². The topological polar surface area (TPSA) is 20.3 Å². The molecule has 0 heterocycles. The molecule has 0 aliphatic heterocycles. The van der Waals surface area contributed by atoms with Gasteiger partial charge in [-0.3, -0.25) is 4.79 Å². The lowest BCUT2D eigenvalue weighted by Gasteiger charge is -2.38. The van der Waals surface area contributed by atoms with Gasteiger partial charge in [-0.15, -0.1) is 11.6 Å². The third-order valence-electron chi connectivity index (χ3n) is 3.91. The van der Waals surface area contributed by atoms with Gasteiger partial charge in [0.05, 0.1) is 0 Å². The summed E-state index contributed by atoms with van der Waals surface area (Å²) in [4.78, 5) is 14.3. The Balaban J connectivity index is 2.59. The number of hydrogen-bond acceptors (Lipinski definition) is 1. The molecule has 0 radical (unpaired) electrons. The fourth-order valence-corrected chi connectivity index (χ4v) is 2.93.